The molecule has 2 nitrogen and oxygen atoms in total. The molecule has 3 heteroatoms. The van der Waals surface area contributed by atoms with Crippen molar-refractivity contribution in [2.45, 2.75) is 72.4 Å². The molecule has 0 aromatic carbocycles. The topological polar surface area (TPSA) is 6.48 Å². The van der Waals surface area contributed by atoms with Gasteiger partial charge in [-0.15, -0.1) is 6.58 Å². The summed E-state index contributed by atoms with van der Waals surface area (Å²) >= 11 is 0. The highest BCUT2D eigenvalue weighted by molar-refractivity contribution is 6.75. The molecule has 0 spiro atoms. The van der Waals surface area contributed by atoms with Crippen LogP contribution in [0.4, 0.5) is 0 Å². The van der Waals surface area contributed by atoms with Crippen molar-refractivity contribution >= 4 is 8.40 Å². The smallest absolute Gasteiger partial charge is 0.210 e. The number of hydrogen-bond acceptors (Lipinski definition) is 2. The summed E-state index contributed by atoms with van der Waals surface area (Å²) < 4.78 is 5.65. The van der Waals surface area contributed by atoms with E-state index in [4.69, 9.17) is 0 Å². The highest BCUT2D eigenvalue weighted by Gasteiger charge is 2.43. The fraction of sp³-hybridized carbons (Fsp3) is 0.882. The lowest BCUT2D eigenvalue weighted by molar-refractivity contribution is 0.313. The predicted molar refractivity (Wildman–Crippen MR) is 95.5 cm³/mol. The molecule has 0 saturated carbocycles. The summed E-state index contributed by atoms with van der Waals surface area (Å²) in [5.41, 5.74) is 0.610. The number of rotatable bonds is 12. The fourth-order valence-corrected chi connectivity index (χ4v) is 7.91. The van der Waals surface area contributed by atoms with E-state index in [1.165, 1.54) is 51.9 Å². The maximum Gasteiger partial charge on any atom is 0.210 e. The van der Waals surface area contributed by atoms with E-state index >= 15 is 0 Å². The van der Waals surface area contributed by atoms with Crippen molar-refractivity contribution in [2.24, 2.45) is 0 Å². The Balaban J connectivity index is 5.44. The zero-order valence-corrected chi connectivity index (χ0v) is 15.9. The van der Waals surface area contributed by atoms with Gasteiger partial charge in [0.1, 0.15) is 0 Å². The van der Waals surface area contributed by atoms with Gasteiger partial charge in [0.15, 0.2) is 0 Å². The van der Waals surface area contributed by atoms with Crippen LogP contribution in [0.1, 0.15) is 60.3 Å². The standard InChI is InChI=1S/C17H38N2Si/c1-8-13-18(14-9-2)20(7,17(6)12-5)19(15-10-3)16-11-4/h12,17H,5,8-11,13-16H2,1-4,6-7H3. The first-order valence-corrected chi connectivity index (χ1v) is 11.1. The summed E-state index contributed by atoms with van der Waals surface area (Å²) in [4.78, 5) is 0. The largest absolute Gasteiger partial charge is 0.311 e. The van der Waals surface area contributed by atoms with E-state index in [0.717, 1.165) is 0 Å². The van der Waals surface area contributed by atoms with Crippen LogP contribution in [0.5, 0.6) is 0 Å². The minimum atomic E-state index is -1.65. The van der Waals surface area contributed by atoms with E-state index in [0.29, 0.717) is 5.54 Å². The minimum Gasteiger partial charge on any atom is -0.311 e. The maximum absolute atomic E-state index is 4.11. The van der Waals surface area contributed by atoms with Crippen LogP contribution < -0.4 is 0 Å². The third-order valence-electron chi connectivity index (χ3n) is 4.47. The van der Waals surface area contributed by atoms with Gasteiger partial charge in [0, 0.05) is 0 Å². The van der Waals surface area contributed by atoms with Gasteiger partial charge in [-0.3, -0.25) is 0 Å². The van der Waals surface area contributed by atoms with Crippen LogP contribution in [0.25, 0.3) is 0 Å². The molecule has 20 heavy (non-hydrogen) atoms. The van der Waals surface area contributed by atoms with Gasteiger partial charge in [0.25, 0.3) is 0 Å². The molecule has 0 aromatic heterocycles. The molecule has 0 heterocycles. The second-order valence-electron chi connectivity index (χ2n) is 6.09. The van der Waals surface area contributed by atoms with E-state index < -0.39 is 8.40 Å². The molecular weight excluding hydrogens is 260 g/mol. The summed E-state index contributed by atoms with van der Waals surface area (Å²) in [6, 6.07) is 0. The van der Waals surface area contributed by atoms with Crippen molar-refractivity contribution in [3.05, 3.63) is 12.7 Å². The third-order valence-corrected chi connectivity index (χ3v) is 9.89. The summed E-state index contributed by atoms with van der Waals surface area (Å²) in [7, 11) is -1.65. The molecule has 0 radical (unpaired) electrons. The number of nitrogens with zero attached hydrogens (tertiary/aromatic N) is 2. The van der Waals surface area contributed by atoms with Crippen molar-refractivity contribution in [1.82, 2.24) is 9.13 Å². The van der Waals surface area contributed by atoms with Gasteiger partial charge in [-0.1, -0.05) is 40.7 Å². The van der Waals surface area contributed by atoms with Crippen LogP contribution in [0.2, 0.25) is 12.1 Å². The molecule has 0 fully saturated rings. The molecule has 1 atom stereocenters. The van der Waals surface area contributed by atoms with Crippen LogP contribution in [0.15, 0.2) is 12.7 Å². The Kier molecular flexibility index (Phi) is 10.5. The molecule has 1 unspecified atom stereocenters. The van der Waals surface area contributed by atoms with Crippen molar-refractivity contribution in [1.29, 1.82) is 0 Å². The first kappa shape index (κ1) is 19.9. The molecule has 0 aliphatic heterocycles. The molecule has 0 aliphatic carbocycles. The Morgan fingerprint density at radius 3 is 1.35 bits per heavy atom. The Morgan fingerprint density at radius 1 is 0.850 bits per heavy atom. The number of hydrogen-bond donors (Lipinski definition) is 0. The molecule has 0 bridgehead atoms. The van der Waals surface area contributed by atoms with Crippen LogP contribution in [0, 0.1) is 0 Å². The van der Waals surface area contributed by atoms with Crippen molar-refractivity contribution < 1.29 is 0 Å². The Labute approximate surface area is 129 Å². The highest BCUT2D eigenvalue weighted by Crippen LogP contribution is 2.31. The van der Waals surface area contributed by atoms with Crippen molar-refractivity contribution in [3.63, 3.8) is 0 Å². The molecule has 0 amide bonds. The predicted octanol–water partition coefficient (Wildman–Crippen LogP) is 4.88. The average molecular weight is 299 g/mol. The molecular formula is C17H38N2Si. The summed E-state index contributed by atoms with van der Waals surface area (Å²) in [6.45, 7) is 23.2. The van der Waals surface area contributed by atoms with Gasteiger partial charge in [-0.05, 0) is 64.0 Å². The second-order valence-corrected chi connectivity index (χ2v) is 10.5. The zero-order chi connectivity index (χ0) is 15.6. The van der Waals surface area contributed by atoms with Gasteiger partial charge in [-0.2, -0.15) is 0 Å². The van der Waals surface area contributed by atoms with E-state index in [1.54, 1.807) is 0 Å². The van der Waals surface area contributed by atoms with Crippen LogP contribution in [-0.4, -0.2) is 43.7 Å². The lowest BCUT2D eigenvalue weighted by Gasteiger charge is -2.50. The van der Waals surface area contributed by atoms with Gasteiger partial charge >= 0.3 is 0 Å². The van der Waals surface area contributed by atoms with E-state index in [-0.39, 0.29) is 0 Å². The lowest BCUT2D eigenvalue weighted by atomic mass is 10.4. The van der Waals surface area contributed by atoms with E-state index in [1.807, 2.05) is 0 Å². The average Bonchev–Trinajstić information content (AvgIpc) is 2.45. The first-order valence-electron chi connectivity index (χ1n) is 8.65. The molecule has 0 rings (SSSR count). The normalized spacial score (nSPS) is 14.0. The zero-order valence-electron chi connectivity index (χ0n) is 14.9. The lowest BCUT2D eigenvalue weighted by Crippen LogP contribution is -2.66. The van der Waals surface area contributed by atoms with Gasteiger partial charge in [0.2, 0.25) is 8.40 Å². The molecule has 120 valence electrons. The van der Waals surface area contributed by atoms with E-state index in [2.05, 4.69) is 63.0 Å². The number of allylic oxidation sites excluding steroid dienone is 1. The van der Waals surface area contributed by atoms with Crippen molar-refractivity contribution in [2.75, 3.05) is 26.2 Å². The molecule has 0 aromatic rings. The maximum atomic E-state index is 4.11. The van der Waals surface area contributed by atoms with Gasteiger partial charge in [-0.25, -0.2) is 0 Å². The SMILES string of the molecule is C=CC(C)[Si](C)(N(CCC)CCC)N(CCC)CCC. The Morgan fingerprint density at radius 2 is 1.15 bits per heavy atom. The molecule has 0 saturated heterocycles. The molecule has 0 aliphatic rings. The van der Waals surface area contributed by atoms with Crippen LogP contribution in [-0.2, 0) is 0 Å². The summed E-state index contributed by atoms with van der Waals surface area (Å²) in [5.74, 6) is 0. The Hall–Kier alpha value is -0.123. The Bertz CT molecular complexity index is 227. The van der Waals surface area contributed by atoms with E-state index in [9.17, 15) is 0 Å². The highest BCUT2D eigenvalue weighted by atomic mass is 28.3. The van der Waals surface area contributed by atoms with Gasteiger partial charge in [0.05, 0.1) is 0 Å². The fourth-order valence-electron chi connectivity index (χ4n) is 3.21. The first-order chi connectivity index (χ1) is 9.52. The quantitative estimate of drug-likeness (QED) is 0.374. The van der Waals surface area contributed by atoms with Crippen LogP contribution in [0.3, 0.4) is 0 Å². The van der Waals surface area contributed by atoms with Crippen LogP contribution >= 0.6 is 0 Å². The van der Waals surface area contributed by atoms with Crippen molar-refractivity contribution in [3.8, 4) is 0 Å². The molecule has 0 N–H and O–H groups in total. The minimum absolute atomic E-state index is 0.610. The van der Waals surface area contributed by atoms with Gasteiger partial charge < -0.3 is 9.13 Å². The summed E-state index contributed by atoms with van der Waals surface area (Å²) in [6.07, 6.45) is 7.19. The monoisotopic (exact) mass is 298 g/mol. The third kappa shape index (κ3) is 5.01. The summed E-state index contributed by atoms with van der Waals surface area (Å²) in [5, 5.41) is 0. The second kappa shape index (κ2) is 10.6.